The van der Waals surface area contributed by atoms with Crippen LogP contribution in [0.1, 0.15) is 45.5 Å². The molecule has 3 aromatic rings. The van der Waals surface area contributed by atoms with Crippen molar-refractivity contribution in [1.29, 1.82) is 5.41 Å². The average Bonchev–Trinajstić information content (AvgIpc) is 2.97. The van der Waals surface area contributed by atoms with Gasteiger partial charge in [0.2, 0.25) is 0 Å². The SMILES string of the molecule is CNc1ccc(C)c(C#CC(=N)c2c(N)ncnc2NC2CCCN(SC)C2)c1.O=Cc1ccc(Cl)c(C(F)(F)F)c1. The lowest BCUT2D eigenvalue weighted by molar-refractivity contribution is -0.137. The number of piperidine rings is 1. The van der Waals surface area contributed by atoms with Crippen molar-refractivity contribution in [3.8, 4) is 11.8 Å². The summed E-state index contributed by atoms with van der Waals surface area (Å²) in [6.45, 7) is 4.00. The molecular weight excluding hydrogens is 587 g/mol. The van der Waals surface area contributed by atoms with Crippen LogP contribution >= 0.6 is 23.5 Å². The first-order valence-electron chi connectivity index (χ1n) is 12.8. The molecular formula is C29H31ClF3N7OS. The van der Waals surface area contributed by atoms with Crippen LogP contribution in [0.5, 0.6) is 0 Å². The van der Waals surface area contributed by atoms with Crippen molar-refractivity contribution >= 4 is 52.9 Å². The van der Waals surface area contributed by atoms with E-state index in [1.54, 1.807) is 11.9 Å². The molecule has 4 rings (SSSR count). The summed E-state index contributed by atoms with van der Waals surface area (Å²) in [7, 11) is 1.87. The van der Waals surface area contributed by atoms with Crippen LogP contribution in [-0.2, 0) is 6.18 Å². The first-order valence-corrected chi connectivity index (χ1v) is 14.4. The fourth-order valence-electron chi connectivity index (χ4n) is 4.11. The van der Waals surface area contributed by atoms with Crippen LogP contribution in [0.2, 0.25) is 5.02 Å². The van der Waals surface area contributed by atoms with E-state index in [2.05, 4.69) is 43.0 Å². The third-order valence-electron chi connectivity index (χ3n) is 6.39. The first-order chi connectivity index (χ1) is 20.0. The Hall–Kier alpha value is -3.79. The molecule has 1 aliphatic rings. The molecule has 0 saturated carbocycles. The number of alkyl halides is 3. The van der Waals surface area contributed by atoms with Gasteiger partial charge in [0.05, 0.1) is 16.1 Å². The van der Waals surface area contributed by atoms with Gasteiger partial charge in [0.15, 0.2) is 0 Å². The van der Waals surface area contributed by atoms with Crippen molar-refractivity contribution < 1.29 is 18.0 Å². The lowest BCUT2D eigenvalue weighted by atomic mass is 10.1. The molecule has 0 amide bonds. The van der Waals surface area contributed by atoms with Crippen LogP contribution in [0.25, 0.3) is 0 Å². The van der Waals surface area contributed by atoms with Crippen molar-refractivity contribution in [3.63, 3.8) is 0 Å². The predicted octanol–water partition coefficient (Wildman–Crippen LogP) is 6.15. The van der Waals surface area contributed by atoms with Crippen LogP contribution in [0, 0.1) is 24.2 Å². The van der Waals surface area contributed by atoms with E-state index >= 15 is 0 Å². The minimum absolute atomic E-state index is 0.0447. The van der Waals surface area contributed by atoms with E-state index in [0.717, 1.165) is 54.9 Å². The van der Waals surface area contributed by atoms with E-state index in [1.807, 2.05) is 32.2 Å². The van der Waals surface area contributed by atoms with Gasteiger partial charge < -0.3 is 16.4 Å². The van der Waals surface area contributed by atoms with E-state index in [9.17, 15) is 18.0 Å². The molecule has 0 radical (unpaired) electrons. The number of carbonyl (C=O) groups is 1. The molecule has 1 fully saturated rings. The first kappa shape index (κ1) is 32.7. The molecule has 8 nitrogen and oxygen atoms in total. The topological polar surface area (TPSA) is 120 Å². The summed E-state index contributed by atoms with van der Waals surface area (Å²) in [4.78, 5) is 18.6. The van der Waals surface area contributed by atoms with Gasteiger partial charge in [-0.1, -0.05) is 41.6 Å². The standard InChI is InChI=1S/C21H27N7S.C8H4ClF3O/c1-14-6-8-16(24-2)11-15(14)7-9-18(22)19-20(23)25-13-26-21(19)27-17-5-4-10-28(12-17)29-3;9-7-2-1-5(4-13)3-6(7)8(10,11)12/h6,8,11,13,17,22,24H,4-5,10,12H2,1-3H3,(H3,23,25,26,27);1-4H. The fourth-order valence-corrected chi connectivity index (χ4v) is 4.98. The smallest absolute Gasteiger partial charge is 0.388 e. The molecule has 0 aliphatic carbocycles. The highest BCUT2D eigenvalue weighted by Crippen LogP contribution is 2.34. The molecule has 1 saturated heterocycles. The number of hydrogen-bond acceptors (Lipinski definition) is 9. The van der Waals surface area contributed by atoms with Gasteiger partial charge in [0, 0.05) is 43.0 Å². The number of benzene rings is 2. The summed E-state index contributed by atoms with van der Waals surface area (Å²) >= 11 is 7.05. The van der Waals surface area contributed by atoms with Crippen molar-refractivity contribution in [1.82, 2.24) is 14.3 Å². The van der Waals surface area contributed by atoms with Crippen LogP contribution < -0.4 is 16.4 Å². The van der Waals surface area contributed by atoms with Crippen LogP contribution in [0.4, 0.5) is 30.5 Å². The summed E-state index contributed by atoms with van der Waals surface area (Å²) in [6, 6.07) is 9.22. The van der Waals surface area contributed by atoms with Crippen LogP contribution in [-0.4, -0.2) is 58.7 Å². The quantitative estimate of drug-likeness (QED) is 0.112. The monoisotopic (exact) mass is 617 g/mol. The van der Waals surface area contributed by atoms with Crippen molar-refractivity contribution in [2.45, 2.75) is 32.0 Å². The van der Waals surface area contributed by atoms with E-state index in [1.165, 1.54) is 12.4 Å². The molecule has 1 aromatic heterocycles. The van der Waals surface area contributed by atoms with Crippen LogP contribution in [0.15, 0.2) is 42.7 Å². The Kier molecular flexibility index (Phi) is 11.6. The lowest BCUT2D eigenvalue weighted by Crippen LogP contribution is -2.39. The molecule has 0 spiro atoms. The van der Waals surface area contributed by atoms with Crippen molar-refractivity contribution in [3.05, 3.63) is 75.6 Å². The third kappa shape index (κ3) is 8.85. The van der Waals surface area contributed by atoms with E-state index < -0.39 is 16.8 Å². The number of aromatic nitrogens is 2. The van der Waals surface area contributed by atoms with Gasteiger partial charge in [0.1, 0.15) is 30.0 Å². The second-order valence-electron chi connectivity index (χ2n) is 9.30. The lowest BCUT2D eigenvalue weighted by Gasteiger charge is -2.31. The maximum atomic E-state index is 12.2. The number of carbonyl (C=O) groups excluding carboxylic acids is 1. The molecule has 1 unspecified atom stereocenters. The molecule has 2 aromatic carbocycles. The summed E-state index contributed by atoms with van der Waals surface area (Å²) in [5.74, 6) is 6.87. The van der Waals surface area contributed by atoms with Gasteiger partial charge in [0.25, 0.3) is 0 Å². The molecule has 222 valence electrons. The van der Waals surface area contributed by atoms with Gasteiger partial charge in [-0.15, -0.1) is 0 Å². The molecule has 1 aliphatic heterocycles. The zero-order valence-corrected chi connectivity index (χ0v) is 24.8. The zero-order chi connectivity index (χ0) is 30.9. The highest BCUT2D eigenvalue weighted by molar-refractivity contribution is 7.96. The number of nitrogens with zero attached hydrogens (tertiary/aromatic N) is 3. The number of aldehydes is 1. The van der Waals surface area contributed by atoms with E-state index in [-0.39, 0.29) is 23.1 Å². The summed E-state index contributed by atoms with van der Waals surface area (Å²) in [5, 5.41) is 14.7. The number of hydrogen-bond donors (Lipinski definition) is 4. The van der Waals surface area contributed by atoms with Crippen molar-refractivity contribution in [2.75, 3.05) is 42.8 Å². The summed E-state index contributed by atoms with van der Waals surface area (Å²) < 4.78 is 38.8. The second-order valence-corrected chi connectivity index (χ2v) is 10.6. The van der Waals surface area contributed by atoms with Crippen molar-refractivity contribution in [2.24, 2.45) is 0 Å². The van der Waals surface area contributed by atoms with Gasteiger partial charge in [-0.2, -0.15) is 13.2 Å². The number of rotatable bonds is 6. The average molecular weight is 618 g/mol. The highest BCUT2D eigenvalue weighted by Gasteiger charge is 2.33. The number of nitrogens with one attached hydrogen (secondary N) is 3. The Bertz CT molecular complexity index is 1490. The molecule has 13 heteroatoms. The fraction of sp³-hybridized carbons (Fsp3) is 0.310. The Balaban J connectivity index is 0.000000312. The molecule has 1 atom stereocenters. The van der Waals surface area contributed by atoms with Gasteiger partial charge in [-0.05, 0) is 61.8 Å². The molecule has 5 N–H and O–H groups in total. The second kappa shape index (κ2) is 14.9. The number of halogens is 4. The van der Waals surface area contributed by atoms with Crippen LogP contribution in [0.3, 0.4) is 0 Å². The Labute approximate surface area is 252 Å². The Morgan fingerprint density at radius 3 is 2.69 bits per heavy atom. The Morgan fingerprint density at radius 1 is 1.26 bits per heavy atom. The third-order valence-corrected chi connectivity index (χ3v) is 7.57. The minimum atomic E-state index is -4.52. The number of nitrogens with two attached hydrogens (primary N) is 1. The zero-order valence-electron chi connectivity index (χ0n) is 23.3. The Morgan fingerprint density at radius 2 is 2.02 bits per heavy atom. The molecule has 2 heterocycles. The summed E-state index contributed by atoms with van der Waals surface area (Å²) in [5.41, 5.74) is 8.54. The largest absolute Gasteiger partial charge is 0.417 e. The highest BCUT2D eigenvalue weighted by atomic mass is 35.5. The normalized spacial score (nSPS) is 15.0. The molecule has 0 bridgehead atoms. The maximum absolute atomic E-state index is 12.2. The maximum Gasteiger partial charge on any atom is 0.417 e. The number of aryl methyl sites for hydroxylation is 1. The summed E-state index contributed by atoms with van der Waals surface area (Å²) in [6.07, 6.45) is 1.51. The van der Waals surface area contributed by atoms with Gasteiger partial charge >= 0.3 is 6.18 Å². The molecule has 42 heavy (non-hydrogen) atoms. The van der Waals surface area contributed by atoms with E-state index in [4.69, 9.17) is 22.7 Å². The van der Waals surface area contributed by atoms with Gasteiger partial charge in [-0.3, -0.25) is 10.2 Å². The van der Waals surface area contributed by atoms with Gasteiger partial charge in [-0.25, -0.2) is 14.3 Å². The number of nitrogen functional groups attached to an aromatic ring is 1. The van der Waals surface area contributed by atoms with E-state index in [0.29, 0.717) is 17.7 Å². The predicted molar refractivity (Wildman–Crippen MR) is 164 cm³/mol. The number of anilines is 3. The minimum Gasteiger partial charge on any atom is -0.388 e.